The molecular weight excluding hydrogens is 184 g/mol. The van der Waals surface area contributed by atoms with E-state index in [0.717, 1.165) is 6.42 Å². The second-order valence-corrected chi connectivity index (χ2v) is 4.53. The molecule has 1 aromatic carbocycles. The van der Waals surface area contributed by atoms with Crippen LogP contribution in [0.4, 0.5) is 0 Å². The van der Waals surface area contributed by atoms with Crippen molar-refractivity contribution in [3.8, 4) is 0 Å². The van der Waals surface area contributed by atoms with Gasteiger partial charge in [-0.05, 0) is 24.0 Å². The molecule has 80 valence electrons. The van der Waals surface area contributed by atoms with E-state index in [1.807, 2.05) is 12.3 Å². The first-order valence-corrected chi connectivity index (χ1v) is 5.50. The van der Waals surface area contributed by atoms with Gasteiger partial charge < -0.3 is 10.7 Å². The minimum absolute atomic E-state index is 0.140. The molecule has 0 fully saturated rings. The number of hydrogen-bond donors (Lipinski definition) is 2. The monoisotopic (exact) mass is 202 g/mol. The number of hydrogen-bond acceptors (Lipinski definition) is 1. The number of nitrogens with one attached hydrogen (secondary N) is 1. The maximum atomic E-state index is 6.19. The van der Waals surface area contributed by atoms with E-state index >= 15 is 0 Å². The van der Waals surface area contributed by atoms with Crippen molar-refractivity contribution in [3.63, 3.8) is 0 Å². The Kier molecular flexibility index (Phi) is 2.78. The largest absolute Gasteiger partial charge is 0.361 e. The van der Waals surface area contributed by atoms with E-state index in [2.05, 4.69) is 37.0 Å². The Labute approximate surface area is 90.5 Å². The van der Waals surface area contributed by atoms with Gasteiger partial charge in [0.15, 0.2) is 0 Å². The minimum atomic E-state index is 0.140. The maximum Gasteiger partial charge on any atom is 0.0457 e. The van der Waals surface area contributed by atoms with Gasteiger partial charge in [0.05, 0.1) is 0 Å². The van der Waals surface area contributed by atoms with Crippen LogP contribution in [-0.2, 0) is 0 Å². The number of para-hydroxylation sites is 1. The highest BCUT2D eigenvalue weighted by molar-refractivity contribution is 5.83. The zero-order valence-electron chi connectivity index (χ0n) is 9.33. The lowest BCUT2D eigenvalue weighted by Crippen LogP contribution is -2.12. The lowest BCUT2D eigenvalue weighted by atomic mass is 9.97. The number of benzene rings is 1. The second kappa shape index (κ2) is 4.07. The number of H-pyrrole nitrogens is 1. The van der Waals surface area contributed by atoms with E-state index < -0.39 is 0 Å². The van der Waals surface area contributed by atoms with Crippen molar-refractivity contribution in [2.75, 3.05) is 0 Å². The van der Waals surface area contributed by atoms with Crippen LogP contribution in [0.5, 0.6) is 0 Å². The smallest absolute Gasteiger partial charge is 0.0457 e. The van der Waals surface area contributed by atoms with E-state index in [1.165, 1.54) is 16.5 Å². The zero-order chi connectivity index (χ0) is 10.8. The summed E-state index contributed by atoms with van der Waals surface area (Å²) in [5.74, 6) is 0.633. The molecule has 2 nitrogen and oxygen atoms in total. The first-order chi connectivity index (χ1) is 7.18. The van der Waals surface area contributed by atoms with Crippen molar-refractivity contribution >= 4 is 10.9 Å². The van der Waals surface area contributed by atoms with Crippen molar-refractivity contribution in [1.82, 2.24) is 4.98 Å². The maximum absolute atomic E-state index is 6.19. The Morgan fingerprint density at radius 3 is 2.73 bits per heavy atom. The van der Waals surface area contributed by atoms with Gasteiger partial charge in [-0.1, -0.05) is 32.0 Å². The van der Waals surface area contributed by atoms with Crippen molar-refractivity contribution in [2.24, 2.45) is 11.7 Å². The molecule has 0 unspecified atom stereocenters. The molecule has 3 N–H and O–H groups in total. The van der Waals surface area contributed by atoms with E-state index in [0.29, 0.717) is 5.92 Å². The summed E-state index contributed by atoms with van der Waals surface area (Å²) in [4.78, 5) is 3.26. The Morgan fingerprint density at radius 1 is 1.27 bits per heavy atom. The van der Waals surface area contributed by atoms with Gasteiger partial charge in [0, 0.05) is 23.1 Å². The molecule has 1 aromatic heterocycles. The van der Waals surface area contributed by atoms with E-state index in [4.69, 9.17) is 5.73 Å². The highest BCUT2D eigenvalue weighted by atomic mass is 14.7. The van der Waals surface area contributed by atoms with Crippen LogP contribution in [0.25, 0.3) is 10.9 Å². The van der Waals surface area contributed by atoms with Gasteiger partial charge in [-0.15, -0.1) is 0 Å². The third kappa shape index (κ3) is 2.05. The van der Waals surface area contributed by atoms with Crippen LogP contribution in [0.15, 0.2) is 30.5 Å². The van der Waals surface area contributed by atoms with Gasteiger partial charge in [-0.3, -0.25) is 0 Å². The van der Waals surface area contributed by atoms with Gasteiger partial charge in [0.25, 0.3) is 0 Å². The molecule has 0 saturated carbocycles. The third-order valence-electron chi connectivity index (χ3n) is 2.75. The Bertz CT molecular complexity index is 442. The van der Waals surface area contributed by atoms with Gasteiger partial charge >= 0.3 is 0 Å². The topological polar surface area (TPSA) is 41.8 Å². The van der Waals surface area contributed by atoms with Crippen LogP contribution in [0.3, 0.4) is 0 Å². The van der Waals surface area contributed by atoms with Crippen LogP contribution in [0.2, 0.25) is 0 Å². The fourth-order valence-electron chi connectivity index (χ4n) is 2.04. The number of aromatic amines is 1. The molecule has 0 aliphatic heterocycles. The second-order valence-electron chi connectivity index (χ2n) is 4.53. The number of fused-ring (bicyclic) bond motifs is 1. The molecule has 2 heteroatoms. The van der Waals surface area contributed by atoms with Crippen LogP contribution < -0.4 is 5.73 Å². The van der Waals surface area contributed by atoms with Gasteiger partial charge in [0.2, 0.25) is 0 Å². The summed E-state index contributed by atoms with van der Waals surface area (Å²) in [5.41, 5.74) is 8.59. The van der Waals surface area contributed by atoms with Crippen LogP contribution >= 0.6 is 0 Å². The Balaban J connectivity index is 2.35. The van der Waals surface area contributed by atoms with Gasteiger partial charge in [-0.2, -0.15) is 0 Å². The zero-order valence-corrected chi connectivity index (χ0v) is 9.33. The fourth-order valence-corrected chi connectivity index (χ4v) is 2.04. The number of aromatic nitrogens is 1. The van der Waals surface area contributed by atoms with Crippen molar-refractivity contribution in [3.05, 3.63) is 36.0 Å². The van der Waals surface area contributed by atoms with E-state index in [9.17, 15) is 0 Å². The first kappa shape index (κ1) is 10.2. The molecule has 0 aliphatic rings. The molecule has 0 bridgehead atoms. The number of nitrogens with two attached hydrogens (primary N) is 1. The van der Waals surface area contributed by atoms with Crippen LogP contribution in [-0.4, -0.2) is 4.98 Å². The highest BCUT2D eigenvalue weighted by Crippen LogP contribution is 2.26. The predicted molar refractivity (Wildman–Crippen MR) is 64.7 cm³/mol. The van der Waals surface area contributed by atoms with E-state index in [1.54, 1.807) is 0 Å². The van der Waals surface area contributed by atoms with Crippen molar-refractivity contribution in [1.29, 1.82) is 0 Å². The third-order valence-corrected chi connectivity index (χ3v) is 2.75. The molecule has 0 spiro atoms. The van der Waals surface area contributed by atoms with Crippen LogP contribution in [0, 0.1) is 5.92 Å². The Morgan fingerprint density at radius 2 is 2.00 bits per heavy atom. The molecule has 15 heavy (non-hydrogen) atoms. The van der Waals surface area contributed by atoms with Crippen LogP contribution in [0.1, 0.15) is 31.9 Å². The van der Waals surface area contributed by atoms with E-state index in [-0.39, 0.29) is 6.04 Å². The normalized spacial score (nSPS) is 13.6. The summed E-state index contributed by atoms with van der Waals surface area (Å²) in [7, 11) is 0. The average molecular weight is 202 g/mol. The minimum Gasteiger partial charge on any atom is -0.361 e. The molecule has 1 heterocycles. The van der Waals surface area contributed by atoms with Crippen molar-refractivity contribution in [2.45, 2.75) is 26.3 Å². The summed E-state index contributed by atoms with van der Waals surface area (Å²) >= 11 is 0. The van der Waals surface area contributed by atoms with Gasteiger partial charge in [-0.25, -0.2) is 0 Å². The van der Waals surface area contributed by atoms with Crippen molar-refractivity contribution < 1.29 is 0 Å². The van der Waals surface area contributed by atoms with Gasteiger partial charge in [0.1, 0.15) is 0 Å². The predicted octanol–water partition coefficient (Wildman–Crippen LogP) is 3.21. The fraction of sp³-hybridized carbons (Fsp3) is 0.385. The average Bonchev–Trinajstić information content (AvgIpc) is 2.59. The standard InChI is InChI=1S/C13H18N2/c1-9(2)7-12(14)11-8-15-13-6-4-3-5-10(11)13/h3-6,8-9,12,15H,7,14H2,1-2H3/t12-/m1/s1. The first-order valence-electron chi connectivity index (χ1n) is 5.50. The molecule has 0 amide bonds. The molecule has 1 atom stereocenters. The lowest BCUT2D eigenvalue weighted by Gasteiger charge is -2.13. The quantitative estimate of drug-likeness (QED) is 0.788. The SMILES string of the molecule is CC(C)C[C@@H](N)c1c[nH]c2ccccc12. The molecular formula is C13H18N2. The molecule has 0 radical (unpaired) electrons. The number of rotatable bonds is 3. The Hall–Kier alpha value is -1.28. The summed E-state index contributed by atoms with van der Waals surface area (Å²) in [6.45, 7) is 4.41. The molecule has 0 saturated heterocycles. The molecule has 2 rings (SSSR count). The molecule has 2 aromatic rings. The molecule has 0 aliphatic carbocycles. The summed E-state index contributed by atoms with van der Waals surface area (Å²) in [5, 5.41) is 1.26. The summed E-state index contributed by atoms with van der Waals surface area (Å²) < 4.78 is 0. The summed E-state index contributed by atoms with van der Waals surface area (Å²) in [6.07, 6.45) is 3.07. The lowest BCUT2D eigenvalue weighted by molar-refractivity contribution is 0.512. The highest BCUT2D eigenvalue weighted by Gasteiger charge is 2.12. The summed E-state index contributed by atoms with van der Waals surface area (Å²) in [6, 6.07) is 8.45.